The number of hydrogen-bond acceptors (Lipinski definition) is 2. The molecule has 2 atom stereocenters. The Morgan fingerprint density at radius 3 is 2.48 bits per heavy atom. The number of amides is 1. The van der Waals surface area contributed by atoms with E-state index >= 15 is 0 Å². The van der Waals surface area contributed by atoms with E-state index in [-0.39, 0.29) is 6.03 Å². The van der Waals surface area contributed by atoms with Crippen LogP contribution in [0.1, 0.15) is 33.1 Å². The summed E-state index contributed by atoms with van der Waals surface area (Å²) in [5, 5.41) is 0. The van der Waals surface area contributed by atoms with Gasteiger partial charge in [-0.15, -0.1) is 0 Å². The zero-order chi connectivity index (χ0) is 14.8. The minimum absolute atomic E-state index is 0.0318. The highest BCUT2D eigenvalue weighted by atomic mass is 16.2. The number of aromatic nitrogens is 2. The highest BCUT2D eigenvalue weighted by Gasteiger charge is 2.29. The maximum atomic E-state index is 12.7. The van der Waals surface area contributed by atoms with Gasteiger partial charge in [-0.2, -0.15) is 0 Å². The smallest absolute Gasteiger partial charge is 0.319 e. The average Bonchev–Trinajstić information content (AvgIpc) is 2.97. The molecule has 0 unspecified atom stereocenters. The van der Waals surface area contributed by atoms with E-state index in [1.54, 1.807) is 10.9 Å². The number of likely N-dealkylation sites (tertiary alicyclic amines) is 1. The Morgan fingerprint density at radius 1 is 1.14 bits per heavy atom. The molecule has 3 rings (SSSR count). The van der Waals surface area contributed by atoms with E-state index in [0.717, 1.165) is 24.1 Å². The molecular formula is C17H21N3O. The van der Waals surface area contributed by atoms with Crippen molar-refractivity contribution in [1.82, 2.24) is 14.5 Å². The molecule has 1 aliphatic heterocycles. The number of benzene rings is 1. The van der Waals surface area contributed by atoms with Crippen LogP contribution in [0.15, 0.2) is 42.9 Å². The highest BCUT2D eigenvalue weighted by Crippen LogP contribution is 2.24. The fourth-order valence-electron chi connectivity index (χ4n) is 3.12. The van der Waals surface area contributed by atoms with Crippen molar-refractivity contribution in [3.8, 4) is 11.3 Å². The number of nitrogens with zero attached hydrogens (tertiary/aromatic N) is 3. The second-order valence-electron chi connectivity index (χ2n) is 5.85. The molecule has 1 amide bonds. The van der Waals surface area contributed by atoms with Gasteiger partial charge in [0.25, 0.3) is 0 Å². The molecule has 0 radical (unpaired) electrons. The van der Waals surface area contributed by atoms with Crippen molar-refractivity contribution in [2.24, 2.45) is 0 Å². The standard InChI is InChI=1S/C17H21N3O/c1-13-7-6-8-14(2)20(13)17(21)19-11-16(18-12-19)15-9-4-3-5-10-15/h3-5,9-14H,6-8H2,1-2H3/t13-,14+. The van der Waals surface area contributed by atoms with E-state index in [1.807, 2.05) is 41.4 Å². The third-order valence-corrected chi connectivity index (χ3v) is 4.29. The molecule has 0 saturated carbocycles. The first-order valence-corrected chi connectivity index (χ1v) is 7.59. The number of rotatable bonds is 1. The van der Waals surface area contributed by atoms with Gasteiger partial charge >= 0.3 is 6.03 Å². The minimum atomic E-state index is 0.0318. The van der Waals surface area contributed by atoms with Crippen LogP contribution in [-0.2, 0) is 0 Å². The molecule has 1 fully saturated rings. The van der Waals surface area contributed by atoms with Gasteiger partial charge in [-0.25, -0.2) is 9.78 Å². The molecule has 4 nitrogen and oxygen atoms in total. The summed E-state index contributed by atoms with van der Waals surface area (Å²) in [4.78, 5) is 19.1. The van der Waals surface area contributed by atoms with Gasteiger partial charge < -0.3 is 4.90 Å². The lowest BCUT2D eigenvalue weighted by Gasteiger charge is -2.38. The summed E-state index contributed by atoms with van der Waals surface area (Å²) in [7, 11) is 0. The minimum Gasteiger partial charge on any atom is -0.319 e. The molecule has 2 aromatic rings. The summed E-state index contributed by atoms with van der Waals surface area (Å²) < 4.78 is 1.61. The van der Waals surface area contributed by atoms with Crippen molar-refractivity contribution in [3.63, 3.8) is 0 Å². The van der Waals surface area contributed by atoms with E-state index < -0.39 is 0 Å². The summed E-state index contributed by atoms with van der Waals surface area (Å²) >= 11 is 0. The van der Waals surface area contributed by atoms with Crippen molar-refractivity contribution in [3.05, 3.63) is 42.9 Å². The second kappa shape index (κ2) is 5.72. The Bertz CT molecular complexity index is 610. The molecule has 1 saturated heterocycles. The summed E-state index contributed by atoms with van der Waals surface area (Å²) in [6.45, 7) is 4.26. The van der Waals surface area contributed by atoms with Crippen LogP contribution in [0, 0.1) is 0 Å². The average molecular weight is 283 g/mol. The molecule has 0 N–H and O–H groups in total. The van der Waals surface area contributed by atoms with Crippen LogP contribution in [0.3, 0.4) is 0 Å². The lowest BCUT2D eigenvalue weighted by Crippen LogP contribution is -2.49. The second-order valence-corrected chi connectivity index (χ2v) is 5.85. The molecule has 4 heteroatoms. The van der Waals surface area contributed by atoms with Gasteiger partial charge in [0, 0.05) is 23.8 Å². The molecule has 1 aliphatic rings. The Morgan fingerprint density at radius 2 is 1.81 bits per heavy atom. The maximum absolute atomic E-state index is 12.7. The highest BCUT2D eigenvalue weighted by molar-refractivity contribution is 5.78. The van der Waals surface area contributed by atoms with Gasteiger partial charge in [0.05, 0.1) is 5.69 Å². The molecule has 2 heterocycles. The SMILES string of the molecule is C[C@@H]1CCC[C@H](C)N1C(=O)n1cnc(-c2ccccc2)c1. The predicted molar refractivity (Wildman–Crippen MR) is 83.1 cm³/mol. The van der Waals surface area contributed by atoms with Crippen LogP contribution in [-0.4, -0.2) is 32.6 Å². The first kappa shape index (κ1) is 13.9. The van der Waals surface area contributed by atoms with Gasteiger partial charge in [0.15, 0.2) is 0 Å². The topological polar surface area (TPSA) is 38.1 Å². The quantitative estimate of drug-likeness (QED) is 0.798. The third-order valence-electron chi connectivity index (χ3n) is 4.29. The van der Waals surface area contributed by atoms with E-state index in [4.69, 9.17) is 0 Å². The van der Waals surface area contributed by atoms with Gasteiger partial charge in [0.2, 0.25) is 0 Å². The van der Waals surface area contributed by atoms with Crippen LogP contribution in [0.25, 0.3) is 11.3 Å². The Balaban J connectivity index is 1.84. The van der Waals surface area contributed by atoms with Crippen LogP contribution in [0.2, 0.25) is 0 Å². The van der Waals surface area contributed by atoms with Crippen molar-refractivity contribution in [2.45, 2.75) is 45.2 Å². The van der Waals surface area contributed by atoms with E-state index in [9.17, 15) is 4.79 Å². The number of carbonyl (C=O) groups excluding carboxylic acids is 1. The molecule has 110 valence electrons. The van der Waals surface area contributed by atoms with Gasteiger partial charge in [-0.05, 0) is 33.1 Å². The lowest BCUT2D eigenvalue weighted by atomic mass is 9.98. The molecule has 0 bridgehead atoms. The monoisotopic (exact) mass is 283 g/mol. The van der Waals surface area contributed by atoms with Gasteiger partial charge in [0.1, 0.15) is 6.33 Å². The zero-order valence-electron chi connectivity index (χ0n) is 12.6. The summed E-state index contributed by atoms with van der Waals surface area (Å²) in [5.74, 6) is 0. The summed E-state index contributed by atoms with van der Waals surface area (Å²) in [5.41, 5.74) is 1.87. The lowest BCUT2D eigenvalue weighted by molar-refractivity contribution is 0.124. The Labute approximate surface area is 125 Å². The molecule has 21 heavy (non-hydrogen) atoms. The van der Waals surface area contributed by atoms with Crippen molar-refractivity contribution in [2.75, 3.05) is 0 Å². The molecular weight excluding hydrogens is 262 g/mol. The molecule has 1 aromatic carbocycles. The molecule has 1 aromatic heterocycles. The van der Waals surface area contributed by atoms with Crippen molar-refractivity contribution in [1.29, 1.82) is 0 Å². The number of piperidine rings is 1. The number of imidazole rings is 1. The normalized spacial score (nSPS) is 22.3. The summed E-state index contributed by atoms with van der Waals surface area (Å²) in [6.07, 6.45) is 6.81. The molecule has 0 aliphatic carbocycles. The van der Waals surface area contributed by atoms with Gasteiger partial charge in [-0.3, -0.25) is 4.57 Å². The number of carbonyl (C=O) groups is 1. The van der Waals surface area contributed by atoms with E-state index in [0.29, 0.717) is 12.1 Å². The number of hydrogen-bond donors (Lipinski definition) is 0. The first-order valence-electron chi connectivity index (χ1n) is 7.59. The van der Waals surface area contributed by atoms with Crippen LogP contribution < -0.4 is 0 Å². The molecule has 0 spiro atoms. The Kier molecular flexibility index (Phi) is 3.78. The van der Waals surface area contributed by atoms with Crippen molar-refractivity contribution >= 4 is 6.03 Å². The largest absolute Gasteiger partial charge is 0.329 e. The van der Waals surface area contributed by atoms with E-state index in [2.05, 4.69) is 18.8 Å². The van der Waals surface area contributed by atoms with E-state index in [1.165, 1.54) is 6.42 Å². The first-order chi connectivity index (χ1) is 10.2. The third kappa shape index (κ3) is 2.71. The summed E-state index contributed by atoms with van der Waals surface area (Å²) in [6, 6.07) is 10.6. The zero-order valence-corrected chi connectivity index (χ0v) is 12.6. The predicted octanol–water partition coefficient (Wildman–Crippen LogP) is 3.78. The van der Waals surface area contributed by atoms with Crippen LogP contribution in [0.5, 0.6) is 0 Å². The maximum Gasteiger partial charge on any atom is 0.329 e. The fourth-order valence-corrected chi connectivity index (χ4v) is 3.12. The van der Waals surface area contributed by atoms with Crippen molar-refractivity contribution < 1.29 is 4.79 Å². The Hall–Kier alpha value is -2.10. The van der Waals surface area contributed by atoms with Gasteiger partial charge in [-0.1, -0.05) is 30.3 Å². The fraction of sp³-hybridized carbons (Fsp3) is 0.412. The van der Waals surface area contributed by atoms with Crippen LogP contribution >= 0.6 is 0 Å². The van der Waals surface area contributed by atoms with Crippen LogP contribution in [0.4, 0.5) is 4.79 Å².